The fourth-order valence-corrected chi connectivity index (χ4v) is 6.22. The summed E-state index contributed by atoms with van der Waals surface area (Å²) in [6, 6.07) is 9.48. The summed E-state index contributed by atoms with van der Waals surface area (Å²) in [6.45, 7) is 13.2. The lowest BCUT2D eigenvalue weighted by molar-refractivity contribution is -0.353. The number of carboxylic acids is 2. The fraction of sp³-hybridized carbons (Fsp3) is 0.588. The summed E-state index contributed by atoms with van der Waals surface area (Å²) < 4.78 is 22.4. The van der Waals surface area contributed by atoms with E-state index in [4.69, 9.17) is 18.9 Å². The predicted octanol–water partition coefficient (Wildman–Crippen LogP) is 3.43. The molecule has 0 radical (unpaired) electrons. The summed E-state index contributed by atoms with van der Waals surface area (Å²) in [6.07, 6.45) is -4.89. The van der Waals surface area contributed by atoms with Gasteiger partial charge in [-0.2, -0.15) is 0 Å². The number of hydrogen-bond acceptors (Lipinski definition) is 10. The van der Waals surface area contributed by atoms with Gasteiger partial charge in [-0.25, -0.2) is 14.4 Å². The molecule has 3 rings (SSSR count). The molecule has 1 aromatic rings. The molecule has 0 aromatic heterocycles. The molecule has 12 heteroatoms. The first-order valence-electron chi connectivity index (χ1n) is 15.6. The molecule has 4 N–H and O–H groups in total. The minimum absolute atomic E-state index is 0.0166. The van der Waals surface area contributed by atoms with E-state index in [2.05, 4.69) is 13.5 Å². The number of ether oxygens (including phenoxy) is 4. The van der Waals surface area contributed by atoms with Crippen molar-refractivity contribution in [1.29, 1.82) is 0 Å². The molecule has 2 aliphatic rings. The van der Waals surface area contributed by atoms with Gasteiger partial charge in [0.05, 0.1) is 0 Å². The molecular weight excluding hydrogens is 600 g/mol. The highest BCUT2D eigenvalue weighted by atomic mass is 16.8. The first-order valence-corrected chi connectivity index (χ1v) is 15.6. The number of carbonyl (C=O) groups is 4. The molecule has 0 unspecified atom stereocenters. The highest BCUT2D eigenvalue weighted by Gasteiger charge is 2.77. The molecule has 0 amide bonds. The number of carboxylic acid groups (broad SMARTS) is 2. The van der Waals surface area contributed by atoms with Gasteiger partial charge in [0.15, 0.2) is 12.2 Å². The summed E-state index contributed by atoms with van der Waals surface area (Å²) in [5.74, 6) is -7.36. The highest BCUT2D eigenvalue weighted by molar-refractivity contribution is 5.86. The van der Waals surface area contributed by atoms with E-state index in [1.165, 1.54) is 6.92 Å². The summed E-state index contributed by atoms with van der Waals surface area (Å²) in [5.41, 5.74) is -1.52. The zero-order chi connectivity index (χ0) is 34.4. The quantitative estimate of drug-likeness (QED) is 0.117. The number of allylic oxidation sites excluding steroid dienone is 1. The highest BCUT2D eigenvalue weighted by Crippen LogP contribution is 2.51. The second-order valence-electron chi connectivity index (χ2n) is 12.6. The van der Waals surface area contributed by atoms with Gasteiger partial charge in [0.25, 0.3) is 0 Å². The number of benzene rings is 1. The van der Waals surface area contributed by atoms with Crippen LogP contribution >= 0.6 is 0 Å². The Balaban J connectivity index is 1.90. The molecule has 46 heavy (non-hydrogen) atoms. The monoisotopic (exact) mass is 646 g/mol. The molecule has 2 heterocycles. The Morgan fingerprint density at radius 2 is 1.72 bits per heavy atom. The van der Waals surface area contributed by atoms with Crippen LogP contribution in [0.1, 0.15) is 65.9 Å². The first-order chi connectivity index (χ1) is 21.6. The van der Waals surface area contributed by atoms with Crippen LogP contribution in [-0.4, -0.2) is 86.2 Å². The number of fused-ring (bicyclic) bond motifs is 2. The lowest BCUT2D eigenvalue weighted by Gasteiger charge is -2.44. The van der Waals surface area contributed by atoms with Gasteiger partial charge < -0.3 is 39.4 Å². The van der Waals surface area contributed by atoms with Crippen molar-refractivity contribution < 1.29 is 58.6 Å². The maximum absolute atomic E-state index is 12.9. The number of carbonyl (C=O) groups excluding carboxylic acids is 2. The van der Waals surface area contributed by atoms with Crippen LogP contribution < -0.4 is 0 Å². The second kappa shape index (κ2) is 15.3. The van der Waals surface area contributed by atoms with Crippen molar-refractivity contribution in [3.63, 3.8) is 0 Å². The van der Waals surface area contributed by atoms with Crippen LogP contribution in [0.4, 0.5) is 0 Å². The number of aliphatic carboxylic acids is 2. The van der Waals surface area contributed by atoms with Gasteiger partial charge in [-0.1, -0.05) is 77.1 Å². The van der Waals surface area contributed by atoms with Crippen LogP contribution in [0.5, 0.6) is 0 Å². The van der Waals surface area contributed by atoms with E-state index >= 15 is 0 Å². The summed E-state index contributed by atoms with van der Waals surface area (Å²) >= 11 is 0. The number of hydrogen-bond donors (Lipinski definition) is 4. The molecule has 10 atom stereocenters. The van der Waals surface area contributed by atoms with Crippen molar-refractivity contribution in [3.8, 4) is 0 Å². The van der Waals surface area contributed by atoms with Crippen LogP contribution in [0.3, 0.4) is 0 Å². The van der Waals surface area contributed by atoms with E-state index in [9.17, 15) is 39.6 Å². The average molecular weight is 647 g/mol. The number of aliphatic hydroxyl groups excluding tert-OH is 2. The summed E-state index contributed by atoms with van der Waals surface area (Å²) in [4.78, 5) is 49.8. The maximum atomic E-state index is 12.9. The summed E-state index contributed by atoms with van der Waals surface area (Å²) in [5, 5.41) is 42.6. The van der Waals surface area contributed by atoms with Crippen LogP contribution in [-0.2, 0) is 44.5 Å². The molecule has 1 aromatic carbocycles. The number of rotatable bonds is 16. The van der Waals surface area contributed by atoms with Crippen molar-refractivity contribution in [2.45, 2.75) is 109 Å². The second-order valence-corrected chi connectivity index (χ2v) is 12.6. The van der Waals surface area contributed by atoms with E-state index < -0.39 is 65.8 Å². The SMILES string of the molecule is C=C(CC[C@]12O[C@H](C(=O)O)[C@H](O)[C@](C(=O)O)(O1)[C@H](OC(=O)/C=C/[C@@H](C)C[C@@H](C)CC)[C@H]2O)[C@@H](OC(C)=O)[C@H](C)Cc1ccccc1. The van der Waals surface area contributed by atoms with Gasteiger partial charge >= 0.3 is 23.9 Å². The van der Waals surface area contributed by atoms with Crippen molar-refractivity contribution in [3.05, 3.63) is 60.2 Å². The van der Waals surface area contributed by atoms with Gasteiger partial charge in [0.2, 0.25) is 11.4 Å². The van der Waals surface area contributed by atoms with E-state index in [0.29, 0.717) is 17.9 Å². The number of aliphatic hydroxyl groups is 2. The zero-order valence-corrected chi connectivity index (χ0v) is 27.0. The van der Waals surface area contributed by atoms with E-state index in [1.807, 2.05) is 51.1 Å². The predicted molar refractivity (Wildman–Crippen MR) is 164 cm³/mol. The Morgan fingerprint density at radius 3 is 2.28 bits per heavy atom. The Morgan fingerprint density at radius 1 is 1.07 bits per heavy atom. The van der Waals surface area contributed by atoms with Crippen molar-refractivity contribution >= 4 is 23.9 Å². The topological polar surface area (TPSA) is 186 Å². The summed E-state index contributed by atoms with van der Waals surface area (Å²) in [7, 11) is 0. The molecule has 2 aliphatic heterocycles. The van der Waals surface area contributed by atoms with Gasteiger partial charge in [0, 0.05) is 25.3 Å². The Labute approximate surface area is 269 Å². The van der Waals surface area contributed by atoms with Crippen molar-refractivity contribution in [1.82, 2.24) is 0 Å². The van der Waals surface area contributed by atoms with E-state index in [0.717, 1.165) is 24.5 Å². The molecule has 2 fully saturated rings. The number of esters is 2. The minimum Gasteiger partial charge on any atom is -0.479 e. The first kappa shape index (κ1) is 36.9. The normalized spacial score (nSPS) is 29.8. The Hall–Kier alpha value is -3.58. The molecule has 254 valence electrons. The van der Waals surface area contributed by atoms with Crippen LogP contribution in [0.2, 0.25) is 0 Å². The van der Waals surface area contributed by atoms with Gasteiger partial charge in [-0.3, -0.25) is 4.79 Å². The van der Waals surface area contributed by atoms with E-state index in [1.54, 1.807) is 6.08 Å². The molecular formula is C34H46O12. The lowest BCUT2D eigenvalue weighted by atomic mass is 9.86. The molecule has 0 aliphatic carbocycles. The van der Waals surface area contributed by atoms with Crippen molar-refractivity contribution in [2.24, 2.45) is 17.8 Å². The minimum atomic E-state index is -2.87. The third-order valence-corrected chi connectivity index (χ3v) is 8.81. The molecule has 0 spiro atoms. The fourth-order valence-electron chi connectivity index (χ4n) is 6.22. The van der Waals surface area contributed by atoms with Crippen LogP contribution in [0.15, 0.2) is 54.6 Å². The van der Waals surface area contributed by atoms with Crippen LogP contribution in [0, 0.1) is 17.8 Å². The molecule has 0 saturated carbocycles. The lowest BCUT2D eigenvalue weighted by Crippen LogP contribution is -2.67. The average Bonchev–Trinajstić information content (AvgIpc) is 3.20. The van der Waals surface area contributed by atoms with E-state index in [-0.39, 0.29) is 24.7 Å². The molecule has 12 nitrogen and oxygen atoms in total. The van der Waals surface area contributed by atoms with Crippen LogP contribution in [0.25, 0.3) is 0 Å². The third kappa shape index (κ3) is 8.03. The smallest absolute Gasteiger partial charge is 0.343 e. The maximum Gasteiger partial charge on any atom is 0.343 e. The third-order valence-electron chi connectivity index (χ3n) is 8.81. The Bertz CT molecular complexity index is 1290. The standard InChI is InChI=1S/C34H46O12/c1-7-19(2)17-20(3)13-14-25(36)44-30-29(38)33(45-27(31(39)40)28(37)34(30,46-33)32(41)42)16-15-21(4)26(43-23(6)35)22(5)18-24-11-9-8-10-12-24/h8-14,19-20,22,26-30,37-38H,4,7,15-18H2,1-3,5-6H3,(H,39,40)(H,41,42)/b14-13+/t19-,20+,22+,26+,27-,28-,29+,30+,33-,34-/m0/s1. The molecule has 2 bridgehead atoms. The van der Waals surface area contributed by atoms with Gasteiger partial charge in [-0.05, 0) is 42.2 Å². The largest absolute Gasteiger partial charge is 0.479 e. The zero-order valence-electron chi connectivity index (χ0n) is 27.0. The Kier molecular flexibility index (Phi) is 12.3. The van der Waals surface area contributed by atoms with Gasteiger partial charge in [0.1, 0.15) is 18.3 Å². The van der Waals surface area contributed by atoms with Gasteiger partial charge in [-0.15, -0.1) is 0 Å². The molecule has 2 saturated heterocycles. The van der Waals surface area contributed by atoms with Crippen molar-refractivity contribution in [2.75, 3.05) is 0 Å².